The van der Waals surface area contributed by atoms with E-state index in [-0.39, 0.29) is 12.0 Å². The number of aliphatic carboxylic acids is 1. The fraction of sp³-hybridized carbons (Fsp3) is 0.286. The number of aromatic amines is 1. The maximum absolute atomic E-state index is 13.9. The topological polar surface area (TPSA) is 73.3 Å². The molecule has 140 valence electrons. The molecule has 1 fully saturated rings. The van der Waals surface area contributed by atoms with Crippen LogP contribution in [0.5, 0.6) is 0 Å². The summed E-state index contributed by atoms with van der Waals surface area (Å²) in [6.07, 6.45) is 2.34. The molecule has 27 heavy (non-hydrogen) atoms. The highest BCUT2D eigenvalue weighted by Crippen LogP contribution is 2.42. The van der Waals surface area contributed by atoms with Crippen molar-refractivity contribution >= 4 is 16.9 Å². The summed E-state index contributed by atoms with van der Waals surface area (Å²) in [7, 11) is 0. The molecule has 3 N–H and O–H groups in total. The van der Waals surface area contributed by atoms with Gasteiger partial charge in [0.15, 0.2) is 0 Å². The molecule has 3 aromatic rings. The predicted molar refractivity (Wildman–Crippen MR) is 96.6 cm³/mol. The molecule has 4 nitrogen and oxygen atoms in total. The Kier molecular flexibility index (Phi) is 4.44. The van der Waals surface area contributed by atoms with Gasteiger partial charge in [-0.15, -0.1) is 0 Å². The number of carbonyl (C=O) groups is 1. The Hall–Kier alpha value is -2.73. The van der Waals surface area contributed by atoms with Gasteiger partial charge in [-0.2, -0.15) is 0 Å². The van der Waals surface area contributed by atoms with Crippen LogP contribution >= 0.6 is 0 Å². The third kappa shape index (κ3) is 3.45. The van der Waals surface area contributed by atoms with Gasteiger partial charge < -0.3 is 15.2 Å². The molecule has 0 bridgehead atoms. The van der Waals surface area contributed by atoms with Crippen molar-refractivity contribution in [2.24, 2.45) is 0 Å². The van der Waals surface area contributed by atoms with E-state index in [4.69, 9.17) is 0 Å². The van der Waals surface area contributed by atoms with Crippen molar-refractivity contribution in [1.29, 1.82) is 0 Å². The minimum Gasteiger partial charge on any atom is -0.481 e. The van der Waals surface area contributed by atoms with Crippen LogP contribution in [-0.4, -0.2) is 21.2 Å². The van der Waals surface area contributed by atoms with E-state index in [1.54, 1.807) is 6.20 Å². The Morgan fingerprint density at radius 3 is 2.59 bits per heavy atom. The summed E-state index contributed by atoms with van der Waals surface area (Å²) < 4.78 is 27.0. The first kappa shape index (κ1) is 17.7. The van der Waals surface area contributed by atoms with Gasteiger partial charge >= 0.3 is 5.97 Å². The summed E-state index contributed by atoms with van der Waals surface area (Å²) in [4.78, 5) is 15.0. The third-order valence-electron chi connectivity index (χ3n) is 5.24. The van der Waals surface area contributed by atoms with Crippen LogP contribution < -0.4 is 0 Å². The van der Waals surface area contributed by atoms with Crippen molar-refractivity contribution in [1.82, 2.24) is 4.98 Å². The lowest BCUT2D eigenvalue weighted by Gasteiger charge is -2.18. The smallest absolute Gasteiger partial charge is 0.311 e. The number of benzene rings is 2. The molecule has 0 radical (unpaired) electrons. The van der Waals surface area contributed by atoms with Gasteiger partial charge in [0.2, 0.25) is 0 Å². The first-order valence-electron chi connectivity index (χ1n) is 8.91. The zero-order chi connectivity index (χ0) is 19.1. The molecule has 1 aromatic heterocycles. The monoisotopic (exact) mass is 371 g/mol. The van der Waals surface area contributed by atoms with Crippen LogP contribution in [0, 0.1) is 11.6 Å². The first-order valence-corrected chi connectivity index (χ1v) is 8.91. The molecule has 1 heterocycles. The molecule has 0 spiro atoms. The van der Waals surface area contributed by atoms with Crippen LogP contribution in [0.15, 0.2) is 42.6 Å². The molecular formula is C21H19F2NO3. The van der Waals surface area contributed by atoms with Crippen LogP contribution in [0.1, 0.15) is 53.9 Å². The number of hydrogen-bond donors (Lipinski definition) is 3. The third-order valence-corrected chi connectivity index (χ3v) is 5.24. The second-order valence-electron chi connectivity index (χ2n) is 7.13. The summed E-state index contributed by atoms with van der Waals surface area (Å²) >= 11 is 0. The van der Waals surface area contributed by atoms with Crippen molar-refractivity contribution in [2.45, 2.75) is 37.2 Å². The highest BCUT2D eigenvalue weighted by Gasteiger charge is 2.29. The maximum atomic E-state index is 13.9. The summed E-state index contributed by atoms with van der Waals surface area (Å²) in [5.74, 6) is -3.23. The van der Waals surface area contributed by atoms with E-state index in [1.165, 1.54) is 5.56 Å². The van der Waals surface area contributed by atoms with Gasteiger partial charge in [-0.1, -0.05) is 12.1 Å². The predicted octanol–water partition coefficient (Wildman–Crippen LogP) is 4.62. The van der Waals surface area contributed by atoms with Gasteiger partial charge in [-0.3, -0.25) is 4.79 Å². The fourth-order valence-corrected chi connectivity index (χ4v) is 3.60. The van der Waals surface area contributed by atoms with Gasteiger partial charge in [0.1, 0.15) is 11.6 Å². The molecule has 4 rings (SSSR count). The van der Waals surface area contributed by atoms with Gasteiger partial charge in [-0.05, 0) is 54.5 Å². The molecule has 0 saturated heterocycles. The maximum Gasteiger partial charge on any atom is 0.311 e. The number of hydrogen-bond acceptors (Lipinski definition) is 2. The molecule has 1 aliphatic carbocycles. The van der Waals surface area contributed by atoms with Gasteiger partial charge in [0.25, 0.3) is 0 Å². The number of aromatic nitrogens is 1. The van der Waals surface area contributed by atoms with Crippen LogP contribution in [0.25, 0.3) is 10.9 Å². The van der Waals surface area contributed by atoms with Crippen LogP contribution in [-0.2, 0) is 4.79 Å². The van der Waals surface area contributed by atoms with E-state index in [9.17, 15) is 23.8 Å². The highest BCUT2D eigenvalue weighted by atomic mass is 19.1. The molecule has 1 saturated carbocycles. The minimum atomic E-state index is -1.36. The van der Waals surface area contributed by atoms with Crippen molar-refractivity contribution < 1.29 is 23.8 Å². The summed E-state index contributed by atoms with van der Waals surface area (Å²) in [5.41, 5.74) is 2.45. The van der Waals surface area contributed by atoms with Crippen molar-refractivity contribution in [3.8, 4) is 0 Å². The minimum absolute atomic E-state index is 0.110. The lowest BCUT2D eigenvalue weighted by molar-refractivity contribution is -0.139. The Balaban J connectivity index is 1.67. The number of aliphatic hydroxyl groups excluding tert-OH is 1. The number of nitrogens with one attached hydrogen (secondary N) is 1. The van der Waals surface area contributed by atoms with E-state index < -0.39 is 29.6 Å². The van der Waals surface area contributed by atoms with Gasteiger partial charge in [-0.25, -0.2) is 8.78 Å². The molecule has 0 amide bonds. The summed E-state index contributed by atoms with van der Waals surface area (Å²) in [6.45, 7) is 0. The number of aliphatic hydroxyl groups is 1. The Labute approximate surface area is 154 Å². The average molecular weight is 371 g/mol. The van der Waals surface area contributed by atoms with Crippen LogP contribution in [0.2, 0.25) is 0 Å². The van der Waals surface area contributed by atoms with Crippen LogP contribution in [0.3, 0.4) is 0 Å². The number of carboxylic acids is 1. The molecule has 2 unspecified atom stereocenters. The number of carboxylic acid groups (broad SMARTS) is 1. The molecule has 0 aliphatic heterocycles. The van der Waals surface area contributed by atoms with Crippen molar-refractivity contribution in [3.05, 3.63) is 70.9 Å². The van der Waals surface area contributed by atoms with E-state index >= 15 is 0 Å². The second kappa shape index (κ2) is 6.78. The van der Waals surface area contributed by atoms with Gasteiger partial charge in [0, 0.05) is 28.7 Å². The SMILES string of the molecule is O=C(O)C(CC(O)c1ccc(F)cc1F)c1c[nH]c2ccc(C3CC3)cc12. The molecular weight excluding hydrogens is 352 g/mol. The molecule has 6 heteroatoms. The van der Waals surface area contributed by atoms with Gasteiger partial charge in [0.05, 0.1) is 12.0 Å². The number of H-pyrrole nitrogens is 1. The summed E-state index contributed by atoms with van der Waals surface area (Å²) in [5, 5.41) is 20.9. The zero-order valence-corrected chi connectivity index (χ0v) is 14.5. The zero-order valence-electron chi connectivity index (χ0n) is 14.5. The number of fused-ring (bicyclic) bond motifs is 1. The Bertz CT molecular complexity index is 1010. The normalized spacial score (nSPS) is 16.4. The molecule has 2 aromatic carbocycles. The number of halogens is 2. The summed E-state index contributed by atoms with van der Waals surface area (Å²) in [6, 6.07) is 8.85. The van der Waals surface area contributed by atoms with E-state index in [0.717, 1.165) is 35.9 Å². The van der Waals surface area contributed by atoms with E-state index in [1.807, 2.05) is 18.2 Å². The molecule has 1 aliphatic rings. The Morgan fingerprint density at radius 2 is 1.93 bits per heavy atom. The standard InChI is InChI=1S/C21H19F2NO3/c22-13-4-5-14(18(23)8-13)20(25)9-16(21(26)27)17-10-24-19-6-3-12(7-15(17)19)11-1-2-11/h3-8,10-11,16,20,24-25H,1-2,9H2,(H,26,27). The van der Waals surface area contributed by atoms with Crippen molar-refractivity contribution in [2.75, 3.05) is 0 Å². The first-order chi connectivity index (χ1) is 12.9. The average Bonchev–Trinajstić information content (AvgIpc) is 3.39. The number of rotatable bonds is 6. The lowest BCUT2D eigenvalue weighted by atomic mass is 9.89. The molecule has 2 atom stereocenters. The lowest BCUT2D eigenvalue weighted by Crippen LogP contribution is -2.16. The highest BCUT2D eigenvalue weighted by molar-refractivity contribution is 5.90. The quantitative estimate of drug-likeness (QED) is 0.592. The van der Waals surface area contributed by atoms with Crippen molar-refractivity contribution in [3.63, 3.8) is 0 Å². The fourth-order valence-electron chi connectivity index (χ4n) is 3.60. The Morgan fingerprint density at radius 1 is 1.15 bits per heavy atom. The van der Waals surface area contributed by atoms with E-state index in [0.29, 0.717) is 17.5 Å². The second-order valence-corrected chi connectivity index (χ2v) is 7.13. The largest absolute Gasteiger partial charge is 0.481 e. The van der Waals surface area contributed by atoms with E-state index in [2.05, 4.69) is 4.98 Å². The van der Waals surface area contributed by atoms with Crippen LogP contribution in [0.4, 0.5) is 8.78 Å².